The lowest BCUT2D eigenvalue weighted by atomic mass is 9.97. The van der Waals surface area contributed by atoms with Crippen LogP contribution in [0.2, 0.25) is 0 Å². The van der Waals surface area contributed by atoms with Crippen LogP contribution in [0.1, 0.15) is 33.1 Å². The first-order chi connectivity index (χ1) is 8.31. The van der Waals surface area contributed by atoms with Crippen molar-refractivity contribution in [2.45, 2.75) is 33.1 Å². The fourth-order valence-corrected chi connectivity index (χ4v) is 3.78. The smallest absolute Gasteiger partial charge is 0.213 e. The number of sulfonamides is 1. The third-order valence-electron chi connectivity index (χ3n) is 3.78. The summed E-state index contributed by atoms with van der Waals surface area (Å²) in [6.07, 6.45) is 2.97. The van der Waals surface area contributed by atoms with Crippen LogP contribution >= 0.6 is 0 Å². The molecule has 1 aliphatic rings. The van der Waals surface area contributed by atoms with Gasteiger partial charge in [-0.3, -0.25) is 0 Å². The van der Waals surface area contributed by atoms with Crippen molar-refractivity contribution >= 4 is 10.0 Å². The van der Waals surface area contributed by atoms with Crippen LogP contribution in [-0.2, 0) is 10.0 Å². The molecule has 0 unspecified atom stereocenters. The molecule has 0 aromatic carbocycles. The van der Waals surface area contributed by atoms with E-state index in [1.54, 1.807) is 11.4 Å². The minimum atomic E-state index is -3.05. The molecule has 5 heteroatoms. The Kier molecular flexibility index (Phi) is 6.08. The zero-order chi connectivity index (χ0) is 13.8. The van der Waals surface area contributed by atoms with Gasteiger partial charge in [0, 0.05) is 13.6 Å². The Morgan fingerprint density at radius 2 is 1.83 bits per heavy atom. The molecule has 1 rings (SSSR count). The number of piperidine rings is 1. The van der Waals surface area contributed by atoms with Crippen molar-refractivity contribution in [3.63, 3.8) is 0 Å². The summed E-state index contributed by atoms with van der Waals surface area (Å²) < 4.78 is 25.8. The average Bonchev–Trinajstić information content (AvgIpc) is 2.29. The van der Waals surface area contributed by atoms with Crippen LogP contribution in [0, 0.1) is 11.8 Å². The predicted molar refractivity (Wildman–Crippen MR) is 76.1 cm³/mol. The molecule has 1 heterocycles. The maximum atomic E-state index is 12.1. The van der Waals surface area contributed by atoms with Gasteiger partial charge in [0.15, 0.2) is 0 Å². The van der Waals surface area contributed by atoms with Gasteiger partial charge in [-0.05, 0) is 51.2 Å². The van der Waals surface area contributed by atoms with Gasteiger partial charge in [-0.25, -0.2) is 12.7 Å². The molecule has 108 valence electrons. The standard InChI is InChI=1S/C13H28N2O2S/c1-12(2)7-10-18(16,17)15(4)11-13-5-8-14(3)9-6-13/h12-13H,5-11H2,1-4H3. The van der Waals surface area contributed by atoms with Crippen LogP contribution in [0.3, 0.4) is 0 Å². The molecule has 0 aromatic heterocycles. The van der Waals surface area contributed by atoms with E-state index in [0.717, 1.165) is 32.4 Å². The van der Waals surface area contributed by atoms with Crippen LogP contribution in [0.5, 0.6) is 0 Å². The Labute approximate surface area is 112 Å². The molecule has 0 aliphatic carbocycles. The van der Waals surface area contributed by atoms with Gasteiger partial charge in [0.05, 0.1) is 5.75 Å². The van der Waals surface area contributed by atoms with E-state index < -0.39 is 10.0 Å². The van der Waals surface area contributed by atoms with Crippen molar-refractivity contribution in [3.05, 3.63) is 0 Å². The zero-order valence-electron chi connectivity index (χ0n) is 12.2. The van der Waals surface area contributed by atoms with E-state index in [-0.39, 0.29) is 5.75 Å². The van der Waals surface area contributed by atoms with E-state index in [1.807, 2.05) is 0 Å². The second kappa shape index (κ2) is 6.87. The van der Waals surface area contributed by atoms with E-state index in [2.05, 4.69) is 25.8 Å². The molecule has 0 amide bonds. The highest BCUT2D eigenvalue weighted by atomic mass is 32.2. The summed E-state index contributed by atoms with van der Waals surface area (Å²) in [5, 5.41) is 0. The van der Waals surface area contributed by atoms with E-state index in [9.17, 15) is 8.42 Å². The van der Waals surface area contributed by atoms with Crippen LogP contribution in [-0.4, -0.2) is 57.1 Å². The first-order valence-electron chi connectivity index (χ1n) is 6.94. The third-order valence-corrected chi connectivity index (χ3v) is 5.63. The molecule has 0 spiro atoms. The summed E-state index contributed by atoms with van der Waals surface area (Å²) in [5.41, 5.74) is 0. The van der Waals surface area contributed by atoms with Gasteiger partial charge < -0.3 is 4.90 Å². The monoisotopic (exact) mass is 276 g/mol. The molecular formula is C13H28N2O2S. The largest absolute Gasteiger partial charge is 0.306 e. The summed E-state index contributed by atoms with van der Waals surface area (Å²) in [6.45, 7) is 6.99. The van der Waals surface area contributed by atoms with E-state index in [0.29, 0.717) is 18.4 Å². The van der Waals surface area contributed by atoms with Gasteiger partial charge in [0.25, 0.3) is 0 Å². The molecule has 1 fully saturated rings. The van der Waals surface area contributed by atoms with Gasteiger partial charge in [0.2, 0.25) is 10.0 Å². The second-order valence-corrected chi connectivity index (χ2v) is 8.22. The molecule has 18 heavy (non-hydrogen) atoms. The molecule has 0 radical (unpaired) electrons. The molecule has 1 saturated heterocycles. The summed E-state index contributed by atoms with van der Waals surface area (Å²) in [4.78, 5) is 2.31. The first kappa shape index (κ1) is 15.9. The van der Waals surface area contributed by atoms with Crippen molar-refractivity contribution in [2.24, 2.45) is 11.8 Å². The molecule has 0 bridgehead atoms. The Morgan fingerprint density at radius 3 is 2.33 bits per heavy atom. The Hall–Kier alpha value is -0.130. The SMILES string of the molecule is CC(C)CCS(=O)(=O)N(C)CC1CCN(C)CC1. The number of hydrogen-bond donors (Lipinski definition) is 0. The van der Waals surface area contributed by atoms with Crippen molar-refractivity contribution in [1.29, 1.82) is 0 Å². The van der Waals surface area contributed by atoms with Crippen molar-refractivity contribution in [3.8, 4) is 0 Å². The lowest BCUT2D eigenvalue weighted by molar-refractivity contribution is 0.202. The normalized spacial score (nSPS) is 19.9. The molecule has 4 nitrogen and oxygen atoms in total. The minimum absolute atomic E-state index is 0.286. The molecule has 1 aliphatic heterocycles. The van der Waals surface area contributed by atoms with Crippen molar-refractivity contribution in [2.75, 3.05) is 39.5 Å². The van der Waals surface area contributed by atoms with Crippen molar-refractivity contribution < 1.29 is 8.42 Å². The van der Waals surface area contributed by atoms with Crippen LogP contribution < -0.4 is 0 Å². The summed E-state index contributed by atoms with van der Waals surface area (Å²) in [7, 11) is 0.806. The predicted octanol–water partition coefficient (Wildman–Crippen LogP) is 1.64. The minimum Gasteiger partial charge on any atom is -0.306 e. The fraction of sp³-hybridized carbons (Fsp3) is 1.00. The maximum absolute atomic E-state index is 12.1. The van der Waals surface area contributed by atoms with E-state index in [1.165, 1.54) is 0 Å². The van der Waals surface area contributed by atoms with Crippen LogP contribution in [0.15, 0.2) is 0 Å². The number of hydrogen-bond acceptors (Lipinski definition) is 3. The molecular weight excluding hydrogens is 248 g/mol. The third kappa shape index (κ3) is 5.24. The Balaban J connectivity index is 2.41. The highest BCUT2D eigenvalue weighted by Crippen LogP contribution is 2.18. The van der Waals surface area contributed by atoms with E-state index >= 15 is 0 Å². The lowest BCUT2D eigenvalue weighted by Crippen LogP contribution is -2.38. The summed E-state index contributed by atoms with van der Waals surface area (Å²) in [5.74, 6) is 1.25. The number of likely N-dealkylation sites (tertiary alicyclic amines) is 1. The Bertz CT molecular complexity index is 333. The first-order valence-corrected chi connectivity index (χ1v) is 8.54. The summed E-state index contributed by atoms with van der Waals surface area (Å²) in [6, 6.07) is 0. The van der Waals surface area contributed by atoms with Gasteiger partial charge in [-0.2, -0.15) is 0 Å². The average molecular weight is 276 g/mol. The summed E-state index contributed by atoms with van der Waals surface area (Å²) >= 11 is 0. The molecule has 0 atom stereocenters. The quantitative estimate of drug-likeness (QED) is 0.740. The second-order valence-electron chi connectivity index (χ2n) is 6.03. The zero-order valence-corrected chi connectivity index (χ0v) is 13.0. The maximum Gasteiger partial charge on any atom is 0.213 e. The molecule has 0 N–H and O–H groups in total. The van der Waals surface area contributed by atoms with Gasteiger partial charge in [0.1, 0.15) is 0 Å². The lowest BCUT2D eigenvalue weighted by Gasteiger charge is -2.31. The highest BCUT2D eigenvalue weighted by Gasteiger charge is 2.24. The van der Waals surface area contributed by atoms with Gasteiger partial charge in [-0.15, -0.1) is 0 Å². The topological polar surface area (TPSA) is 40.6 Å². The number of nitrogens with zero attached hydrogens (tertiary/aromatic N) is 2. The van der Waals surface area contributed by atoms with Crippen LogP contribution in [0.4, 0.5) is 0 Å². The van der Waals surface area contributed by atoms with Gasteiger partial charge >= 0.3 is 0 Å². The Morgan fingerprint density at radius 1 is 1.28 bits per heavy atom. The van der Waals surface area contributed by atoms with Crippen LogP contribution in [0.25, 0.3) is 0 Å². The highest BCUT2D eigenvalue weighted by molar-refractivity contribution is 7.89. The molecule has 0 aromatic rings. The molecule has 0 saturated carbocycles. The fourth-order valence-electron chi connectivity index (χ4n) is 2.26. The number of rotatable bonds is 6. The van der Waals surface area contributed by atoms with Gasteiger partial charge in [-0.1, -0.05) is 13.8 Å². The van der Waals surface area contributed by atoms with Crippen molar-refractivity contribution in [1.82, 2.24) is 9.21 Å². The van der Waals surface area contributed by atoms with E-state index in [4.69, 9.17) is 0 Å².